The quantitative estimate of drug-likeness (QED) is 0.883. The molecule has 0 spiro atoms. The molecule has 1 aromatic heterocycles. The molecule has 0 radical (unpaired) electrons. The van der Waals surface area contributed by atoms with Gasteiger partial charge in [-0.1, -0.05) is 17.7 Å². The number of hydrogen-bond acceptors (Lipinski definition) is 4. The van der Waals surface area contributed by atoms with Crippen LogP contribution in [-0.2, 0) is 0 Å². The number of nitrogen functional groups attached to an aromatic ring is 1. The second kappa shape index (κ2) is 6.12. The summed E-state index contributed by atoms with van der Waals surface area (Å²) in [7, 11) is 0. The number of pyridine rings is 1. The first-order valence-electron chi connectivity index (χ1n) is 6.79. The summed E-state index contributed by atoms with van der Waals surface area (Å²) in [4.78, 5) is 8.72. The van der Waals surface area contributed by atoms with Crippen LogP contribution >= 0.6 is 27.5 Å². The van der Waals surface area contributed by atoms with E-state index >= 15 is 0 Å². The van der Waals surface area contributed by atoms with Crippen molar-refractivity contribution in [3.05, 3.63) is 46.2 Å². The zero-order valence-electron chi connectivity index (χ0n) is 11.5. The fraction of sp³-hybridized carbons (Fsp3) is 0.267. The fourth-order valence-corrected chi connectivity index (χ4v) is 3.42. The Bertz CT molecular complexity index is 621. The van der Waals surface area contributed by atoms with E-state index in [-0.39, 0.29) is 0 Å². The third-order valence-electron chi connectivity index (χ3n) is 3.67. The minimum atomic E-state index is 0.709. The van der Waals surface area contributed by atoms with Crippen molar-refractivity contribution in [2.45, 2.75) is 0 Å². The molecule has 2 heterocycles. The molecule has 21 heavy (non-hydrogen) atoms. The van der Waals surface area contributed by atoms with Crippen molar-refractivity contribution in [1.82, 2.24) is 4.98 Å². The van der Waals surface area contributed by atoms with Gasteiger partial charge in [0.15, 0.2) is 0 Å². The normalized spacial score (nSPS) is 15.3. The van der Waals surface area contributed by atoms with Crippen LogP contribution in [0.5, 0.6) is 0 Å². The van der Waals surface area contributed by atoms with E-state index in [0.717, 1.165) is 41.4 Å². The largest absolute Gasteiger partial charge is 0.396 e. The zero-order valence-corrected chi connectivity index (χ0v) is 13.8. The zero-order chi connectivity index (χ0) is 14.8. The number of benzene rings is 1. The van der Waals surface area contributed by atoms with Crippen molar-refractivity contribution in [1.29, 1.82) is 0 Å². The van der Waals surface area contributed by atoms with Gasteiger partial charge in [0.05, 0.1) is 22.0 Å². The molecule has 1 saturated heterocycles. The highest BCUT2D eigenvalue weighted by atomic mass is 79.9. The van der Waals surface area contributed by atoms with Crippen LogP contribution < -0.4 is 15.5 Å². The molecule has 1 fully saturated rings. The average Bonchev–Trinajstić information content (AvgIpc) is 2.48. The minimum absolute atomic E-state index is 0.709. The summed E-state index contributed by atoms with van der Waals surface area (Å²) in [5.74, 6) is 0. The van der Waals surface area contributed by atoms with Crippen LogP contribution in [0.1, 0.15) is 0 Å². The van der Waals surface area contributed by atoms with Crippen molar-refractivity contribution in [3.8, 4) is 0 Å². The summed E-state index contributed by atoms with van der Waals surface area (Å²) in [5.41, 5.74) is 8.97. The number of nitrogens with zero attached hydrogens (tertiary/aromatic N) is 3. The Labute approximate surface area is 137 Å². The van der Waals surface area contributed by atoms with Gasteiger partial charge in [-0.2, -0.15) is 0 Å². The molecule has 110 valence electrons. The molecule has 0 saturated carbocycles. The Morgan fingerprint density at radius 3 is 2.48 bits per heavy atom. The first kappa shape index (κ1) is 14.5. The van der Waals surface area contributed by atoms with Gasteiger partial charge in [-0.3, -0.25) is 4.98 Å². The van der Waals surface area contributed by atoms with Crippen molar-refractivity contribution in [2.24, 2.45) is 0 Å². The summed E-state index contributed by atoms with van der Waals surface area (Å²) in [6.45, 7) is 3.71. The fourth-order valence-electron chi connectivity index (χ4n) is 2.64. The Morgan fingerprint density at radius 1 is 1.10 bits per heavy atom. The van der Waals surface area contributed by atoms with Gasteiger partial charge in [0, 0.05) is 43.1 Å². The smallest absolute Gasteiger partial charge is 0.0777 e. The lowest BCUT2D eigenvalue weighted by atomic mass is 10.2. The molecule has 1 aliphatic heterocycles. The molecule has 4 nitrogen and oxygen atoms in total. The van der Waals surface area contributed by atoms with Gasteiger partial charge in [0.25, 0.3) is 0 Å². The summed E-state index contributed by atoms with van der Waals surface area (Å²) in [5, 5.41) is 0.774. The summed E-state index contributed by atoms with van der Waals surface area (Å²) in [6.07, 6.45) is 3.48. The lowest BCUT2D eigenvalue weighted by molar-refractivity contribution is 0.653. The number of halogens is 2. The molecule has 1 aliphatic rings. The summed E-state index contributed by atoms with van der Waals surface area (Å²) < 4.78 is 0.943. The SMILES string of the molecule is Nc1cncc(Br)c1N1CCN(c2cccc(Cl)c2)CC1. The maximum atomic E-state index is 6.06. The molecule has 6 heteroatoms. The van der Waals surface area contributed by atoms with Crippen molar-refractivity contribution in [2.75, 3.05) is 41.7 Å². The Balaban J connectivity index is 1.73. The second-order valence-corrected chi connectivity index (χ2v) is 6.30. The van der Waals surface area contributed by atoms with E-state index in [2.05, 4.69) is 36.8 Å². The van der Waals surface area contributed by atoms with E-state index in [0.29, 0.717) is 5.69 Å². The van der Waals surface area contributed by atoms with Crippen LogP contribution in [0.4, 0.5) is 17.1 Å². The Kier molecular flexibility index (Phi) is 4.22. The van der Waals surface area contributed by atoms with E-state index in [1.165, 1.54) is 5.69 Å². The third-order valence-corrected chi connectivity index (χ3v) is 4.49. The molecule has 0 atom stereocenters. The number of nitrogens with two attached hydrogens (primary N) is 1. The molecule has 0 bridgehead atoms. The van der Waals surface area contributed by atoms with Crippen LogP contribution in [0.15, 0.2) is 41.1 Å². The van der Waals surface area contributed by atoms with Gasteiger partial charge in [-0.05, 0) is 34.1 Å². The van der Waals surface area contributed by atoms with Gasteiger partial charge in [0.1, 0.15) is 0 Å². The van der Waals surface area contributed by atoms with Crippen LogP contribution in [0.2, 0.25) is 5.02 Å². The van der Waals surface area contributed by atoms with Gasteiger partial charge >= 0.3 is 0 Å². The minimum Gasteiger partial charge on any atom is -0.396 e. The number of aromatic nitrogens is 1. The van der Waals surface area contributed by atoms with Gasteiger partial charge in [-0.15, -0.1) is 0 Å². The first-order chi connectivity index (χ1) is 10.1. The molecular weight excluding hydrogens is 352 g/mol. The van der Waals surface area contributed by atoms with Crippen LogP contribution in [-0.4, -0.2) is 31.2 Å². The van der Waals surface area contributed by atoms with E-state index in [9.17, 15) is 0 Å². The van der Waals surface area contributed by atoms with Crippen LogP contribution in [0.3, 0.4) is 0 Å². The summed E-state index contributed by atoms with van der Waals surface area (Å²) in [6, 6.07) is 7.99. The number of piperazine rings is 1. The van der Waals surface area contributed by atoms with Crippen LogP contribution in [0, 0.1) is 0 Å². The van der Waals surface area contributed by atoms with E-state index in [1.807, 2.05) is 18.2 Å². The predicted molar refractivity (Wildman–Crippen MR) is 92.2 cm³/mol. The van der Waals surface area contributed by atoms with Crippen LogP contribution in [0.25, 0.3) is 0 Å². The molecule has 0 aliphatic carbocycles. The highest BCUT2D eigenvalue weighted by Crippen LogP contribution is 2.32. The van der Waals surface area contributed by atoms with E-state index < -0.39 is 0 Å². The Hall–Kier alpha value is -1.46. The van der Waals surface area contributed by atoms with Crippen molar-refractivity contribution >= 4 is 44.6 Å². The molecule has 2 aromatic rings. The summed E-state index contributed by atoms with van der Waals surface area (Å²) >= 11 is 9.60. The molecule has 0 unspecified atom stereocenters. The molecule has 2 N–H and O–H groups in total. The first-order valence-corrected chi connectivity index (χ1v) is 7.96. The lowest BCUT2D eigenvalue weighted by Gasteiger charge is -2.38. The van der Waals surface area contributed by atoms with Gasteiger partial charge in [-0.25, -0.2) is 0 Å². The highest BCUT2D eigenvalue weighted by Gasteiger charge is 2.21. The van der Waals surface area contributed by atoms with Gasteiger partial charge < -0.3 is 15.5 Å². The van der Waals surface area contributed by atoms with E-state index in [4.69, 9.17) is 17.3 Å². The molecular formula is C15H16BrClN4. The molecule has 1 aromatic carbocycles. The topological polar surface area (TPSA) is 45.4 Å². The molecule has 3 rings (SSSR count). The predicted octanol–water partition coefficient (Wildman–Crippen LogP) is 3.41. The average molecular weight is 368 g/mol. The number of rotatable bonds is 2. The maximum Gasteiger partial charge on any atom is 0.0777 e. The molecule has 0 amide bonds. The van der Waals surface area contributed by atoms with Crippen molar-refractivity contribution in [3.63, 3.8) is 0 Å². The lowest BCUT2D eigenvalue weighted by Crippen LogP contribution is -2.46. The maximum absolute atomic E-state index is 6.06. The third kappa shape index (κ3) is 3.09. The number of anilines is 3. The van der Waals surface area contributed by atoms with Gasteiger partial charge in [0.2, 0.25) is 0 Å². The monoisotopic (exact) mass is 366 g/mol. The highest BCUT2D eigenvalue weighted by molar-refractivity contribution is 9.10. The second-order valence-electron chi connectivity index (χ2n) is 5.01. The Morgan fingerprint density at radius 2 is 1.81 bits per heavy atom. The number of hydrogen-bond donors (Lipinski definition) is 1. The van der Waals surface area contributed by atoms with Crippen molar-refractivity contribution < 1.29 is 0 Å². The van der Waals surface area contributed by atoms with E-state index in [1.54, 1.807) is 12.4 Å². The standard InChI is InChI=1S/C15H16BrClN4/c16-13-9-19-10-14(18)15(13)21-6-4-20(5-7-21)12-3-1-2-11(17)8-12/h1-3,8-10H,4-7,18H2.